The number of hydrogen-bond donors (Lipinski definition) is 1. The molecule has 7 nitrogen and oxygen atoms in total. The summed E-state index contributed by atoms with van der Waals surface area (Å²) in [6, 6.07) is 15.9. The van der Waals surface area contributed by atoms with Crippen LogP contribution in [0.15, 0.2) is 48.5 Å². The molecule has 1 atom stereocenters. The van der Waals surface area contributed by atoms with Gasteiger partial charge in [-0.3, -0.25) is 24.6 Å². The van der Waals surface area contributed by atoms with Crippen LogP contribution in [-0.4, -0.2) is 53.8 Å². The van der Waals surface area contributed by atoms with Crippen molar-refractivity contribution in [2.24, 2.45) is 0 Å². The predicted molar refractivity (Wildman–Crippen MR) is 122 cm³/mol. The number of nitrogens with one attached hydrogen (secondary N) is 1. The molecule has 3 heterocycles. The third-order valence-electron chi connectivity index (χ3n) is 7.35. The SMILES string of the molecule is COC1(c2ccc3c(c2)CN(C2CCC(=O)NC2=O)C3=O)CCN(Cc2ccccc2)CC1. The standard InChI is InChI=1S/C26H29N3O4/c1-33-26(11-13-28(14-12-26)16-18-5-3-2-4-6-18)20-7-8-21-19(15-20)17-29(25(21)32)22-9-10-23(30)27-24(22)31/h2-8,15,22H,9-14,16-17H2,1H3,(H,27,30,31). The molecule has 1 N–H and O–H groups in total. The second-order valence-corrected chi connectivity index (χ2v) is 9.23. The number of hydrogen-bond acceptors (Lipinski definition) is 5. The molecule has 33 heavy (non-hydrogen) atoms. The molecule has 3 aliphatic rings. The van der Waals surface area contributed by atoms with Crippen LogP contribution < -0.4 is 5.32 Å². The highest BCUT2D eigenvalue weighted by Crippen LogP contribution is 2.39. The van der Waals surface area contributed by atoms with Crippen molar-refractivity contribution in [1.29, 1.82) is 0 Å². The van der Waals surface area contributed by atoms with Gasteiger partial charge in [-0.1, -0.05) is 42.5 Å². The van der Waals surface area contributed by atoms with Gasteiger partial charge in [0.05, 0.1) is 5.60 Å². The monoisotopic (exact) mass is 447 g/mol. The molecule has 0 aromatic heterocycles. The fourth-order valence-electron chi connectivity index (χ4n) is 5.38. The third-order valence-corrected chi connectivity index (χ3v) is 7.35. The van der Waals surface area contributed by atoms with E-state index in [0.717, 1.165) is 43.6 Å². The number of nitrogens with zero attached hydrogens (tertiary/aromatic N) is 2. The molecular weight excluding hydrogens is 418 g/mol. The van der Waals surface area contributed by atoms with Crippen LogP contribution in [0.2, 0.25) is 0 Å². The Labute approximate surface area is 193 Å². The van der Waals surface area contributed by atoms with Crippen LogP contribution in [-0.2, 0) is 33.0 Å². The zero-order chi connectivity index (χ0) is 23.0. The molecule has 5 rings (SSSR count). The zero-order valence-electron chi connectivity index (χ0n) is 18.9. The Balaban J connectivity index is 1.31. The Kier molecular flexibility index (Phi) is 5.76. The Bertz CT molecular complexity index is 1080. The van der Waals surface area contributed by atoms with Gasteiger partial charge in [0.25, 0.3) is 5.91 Å². The summed E-state index contributed by atoms with van der Waals surface area (Å²) in [6.07, 6.45) is 2.38. The normalized spacial score (nSPS) is 22.9. The second-order valence-electron chi connectivity index (χ2n) is 9.23. The van der Waals surface area contributed by atoms with Crippen molar-refractivity contribution in [1.82, 2.24) is 15.1 Å². The molecule has 0 bridgehead atoms. The summed E-state index contributed by atoms with van der Waals surface area (Å²) in [6.45, 7) is 3.18. The summed E-state index contributed by atoms with van der Waals surface area (Å²) in [7, 11) is 1.76. The molecule has 2 aromatic rings. The van der Waals surface area contributed by atoms with Crippen LogP contribution in [0.4, 0.5) is 0 Å². The van der Waals surface area contributed by atoms with Gasteiger partial charge in [-0.25, -0.2) is 0 Å². The van der Waals surface area contributed by atoms with Crippen LogP contribution in [0.5, 0.6) is 0 Å². The van der Waals surface area contributed by atoms with Gasteiger partial charge in [0, 0.05) is 45.3 Å². The average Bonchev–Trinajstić information content (AvgIpc) is 3.16. The molecule has 3 aliphatic heterocycles. The van der Waals surface area contributed by atoms with E-state index in [2.05, 4.69) is 40.5 Å². The fourth-order valence-corrected chi connectivity index (χ4v) is 5.38. The molecule has 2 aromatic carbocycles. The van der Waals surface area contributed by atoms with Crippen molar-refractivity contribution in [3.05, 3.63) is 70.8 Å². The molecule has 2 saturated heterocycles. The summed E-state index contributed by atoms with van der Waals surface area (Å²) in [5.41, 5.74) is 3.57. The molecule has 0 aliphatic carbocycles. The molecule has 0 radical (unpaired) electrons. The quantitative estimate of drug-likeness (QED) is 0.713. The third kappa shape index (κ3) is 4.07. The summed E-state index contributed by atoms with van der Waals surface area (Å²) in [4.78, 5) is 40.9. The molecule has 3 amide bonds. The highest BCUT2D eigenvalue weighted by Gasteiger charge is 2.41. The van der Waals surface area contributed by atoms with Gasteiger partial charge in [0.15, 0.2) is 0 Å². The summed E-state index contributed by atoms with van der Waals surface area (Å²) >= 11 is 0. The minimum atomic E-state index is -0.594. The number of methoxy groups -OCH3 is 1. The maximum Gasteiger partial charge on any atom is 0.255 e. The van der Waals surface area contributed by atoms with Gasteiger partial charge in [-0.2, -0.15) is 0 Å². The van der Waals surface area contributed by atoms with Gasteiger partial charge in [-0.15, -0.1) is 0 Å². The van der Waals surface area contributed by atoms with E-state index in [4.69, 9.17) is 4.74 Å². The van der Waals surface area contributed by atoms with E-state index in [-0.39, 0.29) is 29.7 Å². The Morgan fingerprint density at radius 2 is 1.82 bits per heavy atom. The van der Waals surface area contributed by atoms with E-state index >= 15 is 0 Å². The number of benzene rings is 2. The van der Waals surface area contributed by atoms with Gasteiger partial charge < -0.3 is 9.64 Å². The molecule has 2 fully saturated rings. The average molecular weight is 448 g/mol. The van der Waals surface area contributed by atoms with Crippen LogP contribution in [0.3, 0.4) is 0 Å². The molecule has 0 saturated carbocycles. The maximum absolute atomic E-state index is 13.0. The van der Waals surface area contributed by atoms with Crippen molar-refractivity contribution in [3.8, 4) is 0 Å². The second kappa shape index (κ2) is 8.72. The lowest BCUT2D eigenvalue weighted by molar-refractivity contribution is -0.136. The number of carbonyl (C=O) groups is 3. The summed E-state index contributed by atoms with van der Waals surface area (Å²) in [5.74, 6) is -0.801. The van der Waals surface area contributed by atoms with Crippen molar-refractivity contribution >= 4 is 17.7 Å². The number of fused-ring (bicyclic) bond motifs is 1. The minimum absolute atomic E-state index is 0.143. The first-order chi connectivity index (χ1) is 16.0. The number of ether oxygens (including phenoxy) is 1. The zero-order valence-corrected chi connectivity index (χ0v) is 18.9. The summed E-state index contributed by atoms with van der Waals surface area (Å²) < 4.78 is 6.10. The lowest BCUT2D eigenvalue weighted by Gasteiger charge is -2.41. The number of carbonyl (C=O) groups excluding carboxylic acids is 3. The van der Waals surface area contributed by atoms with Crippen LogP contribution in [0, 0.1) is 0 Å². The molecular formula is C26H29N3O4. The van der Waals surface area contributed by atoms with Crippen molar-refractivity contribution in [3.63, 3.8) is 0 Å². The number of piperidine rings is 2. The number of likely N-dealkylation sites (tertiary alicyclic amines) is 1. The van der Waals surface area contributed by atoms with Crippen molar-refractivity contribution in [2.75, 3.05) is 20.2 Å². The van der Waals surface area contributed by atoms with E-state index in [1.807, 2.05) is 18.2 Å². The van der Waals surface area contributed by atoms with Crippen molar-refractivity contribution in [2.45, 2.75) is 50.4 Å². The minimum Gasteiger partial charge on any atom is -0.373 e. The Morgan fingerprint density at radius 3 is 2.52 bits per heavy atom. The molecule has 0 spiro atoms. The lowest BCUT2D eigenvalue weighted by Crippen LogP contribution is -2.52. The molecule has 1 unspecified atom stereocenters. The van der Waals surface area contributed by atoms with Gasteiger partial charge in [0.2, 0.25) is 11.8 Å². The predicted octanol–water partition coefficient (Wildman–Crippen LogP) is 2.59. The van der Waals surface area contributed by atoms with Crippen LogP contribution in [0.25, 0.3) is 0 Å². The highest BCUT2D eigenvalue weighted by atomic mass is 16.5. The maximum atomic E-state index is 13.0. The van der Waals surface area contributed by atoms with Crippen LogP contribution in [0.1, 0.15) is 52.7 Å². The number of rotatable bonds is 5. The smallest absolute Gasteiger partial charge is 0.255 e. The number of imide groups is 1. The van der Waals surface area contributed by atoms with E-state index < -0.39 is 6.04 Å². The fraction of sp³-hybridized carbons (Fsp3) is 0.423. The van der Waals surface area contributed by atoms with Gasteiger partial charge in [0.1, 0.15) is 6.04 Å². The first-order valence-corrected chi connectivity index (χ1v) is 11.6. The van der Waals surface area contributed by atoms with Gasteiger partial charge in [-0.05, 0) is 42.0 Å². The Morgan fingerprint density at radius 1 is 1.06 bits per heavy atom. The van der Waals surface area contributed by atoms with Crippen molar-refractivity contribution < 1.29 is 19.1 Å². The lowest BCUT2D eigenvalue weighted by atomic mass is 9.83. The van der Waals surface area contributed by atoms with E-state index in [1.54, 1.807) is 12.0 Å². The Hall–Kier alpha value is -3.03. The number of amides is 3. The van der Waals surface area contributed by atoms with E-state index in [9.17, 15) is 14.4 Å². The van der Waals surface area contributed by atoms with E-state index in [0.29, 0.717) is 18.5 Å². The highest BCUT2D eigenvalue weighted by molar-refractivity contribution is 6.05. The first-order valence-electron chi connectivity index (χ1n) is 11.6. The van der Waals surface area contributed by atoms with Crippen LogP contribution >= 0.6 is 0 Å². The molecule has 7 heteroatoms. The van der Waals surface area contributed by atoms with E-state index in [1.165, 1.54) is 5.56 Å². The first kappa shape index (κ1) is 21.8. The van der Waals surface area contributed by atoms with Gasteiger partial charge >= 0.3 is 0 Å². The largest absolute Gasteiger partial charge is 0.373 e. The summed E-state index contributed by atoms with van der Waals surface area (Å²) in [5, 5.41) is 2.36. The topological polar surface area (TPSA) is 79.0 Å². The molecule has 172 valence electrons.